The average molecular weight is 337 g/mol. The van der Waals surface area contributed by atoms with Gasteiger partial charge in [0.1, 0.15) is 0 Å². The third-order valence-electron chi connectivity index (χ3n) is 4.69. The molecule has 24 heavy (non-hydrogen) atoms. The lowest BCUT2D eigenvalue weighted by molar-refractivity contribution is -0.00380. The largest absolute Gasteiger partial charge is 0.493 e. The maximum Gasteiger partial charge on any atom is 0.161 e. The highest BCUT2D eigenvalue weighted by atomic mass is 16.5. The Labute approximate surface area is 145 Å². The summed E-state index contributed by atoms with van der Waals surface area (Å²) in [6.07, 6.45) is 4.49. The molecule has 0 spiro atoms. The minimum Gasteiger partial charge on any atom is -0.493 e. The zero-order chi connectivity index (χ0) is 17.4. The Balaban J connectivity index is 1.77. The third kappa shape index (κ3) is 5.36. The molecule has 0 amide bonds. The highest BCUT2D eigenvalue weighted by Gasteiger charge is 2.22. The number of methoxy groups -OCH3 is 2. The van der Waals surface area contributed by atoms with E-state index in [2.05, 4.69) is 11.8 Å². The van der Waals surface area contributed by atoms with E-state index in [0.717, 1.165) is 18.5 Å². The van der Waals surface area contributed by atoms with Crippen LogP contribution in [-0.4, -0.2) is 56.1 Å². The first-order valence-electron chi connectivity index (χ1n) is 8.88. The van der Waals surface area contributed by atoms with Gasteiger partial charge in [0.05, 0.1) is 33.5 Å². The Morgan fingerprint density at radius 3 is 2.71 bits per heavy atom. The topological polar surface area (TPSA) is 51.2 Å². The second kappa shape index (κ2) is 9.87. The number of nitrogens with zero attached hydrogens (tertiary/aromatic N) is 1. The normalized spacial score (nSPS) is 19.9. The molecular formula is C19H31NO4. The summed E-state index contributed by atoms with van der Waals surface area (Å²) in [5.74, 6) is 1.40. The van der Waals surface area contributed by atoms with E-state index < -0.39 is 6.10 Å². The van der Waals surface area contributed by atoms with Gasteiger partial charge >= 0.3 is 0 Å². The summed E-state index contributed by atoms with van der Waals surface area (Å²) in [7, 11) is 3.24. The van der Waals surface area contributed by atoms with Crippen molar-refractivity contribution in [3.8, 4) is 11.5 Å². The van der Waals surface area contributed by atoms with E-state index in [0.29, 0.717) is 37.3 Å². The van der Waals surface area contributed by atoms with Gasteiger partial charge in [-0.1, -0.05) is 19.4 Å². The van der Waals surface area contributed by atoms with Gasteiger partial charge < -0.3 is 19.3 Å². The van der Waals surface area contributed by atoms with Crippen LogP contribution in [0.15, 0.2) is 18.2 Å². The van der Waals surface area contributed by atoms with Crippen LogP contribution in [-0.2, 0) is 11.3 Å². The Bertz CT molecular complexity index is 494. The number of benzene rings is 1. The molecule has 1 saturated heterocycles. The number of aliphatic hydroxyl groups excluding tert-OH is 1. The van der Waals surface area contributed by atoms with Crippen molar-refractivity contribution >= 4 is 0 Å². The van der Waals surface area contributed by atoms with Gasteiger partial charge in [-0.15, -0.1) is 0 Å². The van der Waals surface area contributed by atoms with Crippen LogP contribution in [0, 0.1) is 0 Å². The number of hydrogen-bond acceptors (Lipinski definition) is 5. The Morgan fingerprint density at radius 1 is 1.21 bits per heavy atom. The molecule has 1 aromatic carbocycles. The molecule has 2 atom stereocenters. The van der Waals surface area contributed by atoms with Crippen molar-refractivity contribution < 1.29 is 19.3 Å². The minimum absolute atomic E-state index is 0.348. The van der Waals surface area contributed by atoms with Crippen LogP contribution in [0.3, 0.4) is 0 Å². The Hall–Kier alpha value is -1.30. The van der Waals surface area contributed by atoms with Crippen LogP contribution in [0.25, 0.3) is 0 Å². The first-order valence-corrected chi connectivity index (χ1v) is 8.88. The number of piperidine rings is 1. The van der Waals surface area contributed by atoms with Crippen molar-refractivity contribution in [1.29, 1.82) is 0 Å². The fourth-order valence-electron chi connectivity index (χ4n) is 3.37. The lowest BCUT2D eigenvalue weighted by Crippen LogP contribution is -2.44. The number of rotatable bonds is 9. The molecule has 1 aliphatic heterocycles. The summed E-state index contributed by atoms with van der Waals surface area (Å²) >= 11 is 0. The molecule has 0 aliphatic carbocycles. The fourth-order valence-corrected chi connectivity index (χ4v) is 3.37. The second-order valence-corrected chi connectivity index (χ2v) is 6.41. The monoisotopic (exact) mass is 337 g/mol. The number of ether oxygens (including phenoxy) is 3. The number of β-amino-alcohol motifs (C(OH)–C–C–N with tert-alkyl or cyclic N) is 1. The van der Waals surface area contributed by atoms with Gasteiger partial charge in [-0.05, 0) is 43.5 Å². The second-order valence-electron chi connectivity index (χ2n) is 6.41. The zero-order valence-corrected chi connectivity index (χ0v) is 15.2. The van der Waals surface area contributed by atoms with Gasteiger partial charge in [0.25, 0.3) is 0 Å². The molecule has 0 bridgehead atoms. The van der Waals surface area contributed by atoms with E-state index in [1.807, 2.05) is 18.2 Å². The molecule has 1 aliphatic rings. The van der Waals surface area contributed by atoms with E-state index in [1.54, 1.807) is 14.2 Å². The first-order chi connectivity index (χ1) is 11.7. The molecule has 0 saturated carbocycles. The molecule has 0 unspecified atom stereocenters. The molecule has 0 aromatic heterocycles. The summed E-state index contributed by atoms with van der Waals surface area (Å²) in [6.45, 7) is 4.81. The van der Waals surface area contributed by atoms with Crippen molar-refractivity contribution in [2.75, 3.05) is 33.9 Å². The van der Waals surface area contributed by atoms with Gasteiger partial charge in [-0.3, -0.25) is 4.90 Å². The van der Waals surface area contributed by atoms with Crippen molar-refractivity contribution in [2.45, 2.75) is 51.4 Å². The molecule has 136 valence electrons. The number of likely N-dealkylation sites (tertiary alicyclic amines) is 1. The fraction of sp³-hybridized carbons (Fsp3) is 0.684. The van der Waals surface area contributed by atoms with Gasteiger partial charge in [-0.2, -0.15) is 0 Å². The van der Waals surface area contributed by atoms with Crippen LogP contribution in [0.1, 0.15) is 38.2 Å². The average Bonchev–Trinajstić information content (AvgIpc) is 2.62. The lowest BCUT2D eigenvalue weighted by atomic mass is 10.00. The maximum atomic E-state index is 10.3. The highest BCUT2D eigenvalue weighted by molar-refractivity contribution is 5.42. The van der Waals surface area contributed by atoms with Gasteiger partial charge in [-0.25, -0.2) is 0 Å². The van der Waals surface area contributed by atoms with Gasteiger partial charge in [0.15, 0.2) is 11.5 Å². The molecule has 5 heteroatoms. The number of aliphatic hydroxyl groups is 1. The lowest BCUT2D eigenvalue weighted by Gasteiger charge is -2.36. The van der Waals surface area contributed by atoms with E-state index >= 15 is 0 Å². The predicted molar refractivity (Wildman–Crippen MR) is 94.7 cm³/mol. The molecule has 1 heterocycles. The standard InChI is InChI=1S/C19H31NO4/c1-4-16-7-5-6-10-20(16)12-17(21)14-24-13-15-8-9-18(22-2)19(11-15)23-3/h8-9,11,16-17,21H,4-7,10,12-14H2,1-3H3/t16-,17+/m1/s1. The molecule has 1 aromatic rings. The SMILES string of the molecule is CC[C@@H]1CCCCN1C[C@H](O)COCc1ccc(OC)c(OC)c1. The summed E-state index contributed by atoms with van der Waals surface area (Å²) in [5.41, 5.74) is 1.00. The van der Waals surface area contributed by atoms with E-state index in [9.17, 15) is 5.11 Å². The quantitative estimate of drug-likeness (QED) is 0.751. The summed E-state index contributed by atoms with van der Waals surface area (Å²) in [4.78, 5) is 2.41. The Kier molecular flexibility index (Phi) is 7.82. The smallest absolute Gasteiger partial charge is 0.161 e. The predicted octanol–water partition coefficient (Wildman–Crippen LogP) is 2.85. The molecule has 0 radical (unpaired) electrons. The van der Waals surface area contributed by atoms with Crippen LogP contribution >= 0.6 is 0 Å². The van der Waals surface area contributed by atoms with Gasteiger partial charge in [0, 0.05) is 12.6 Å². The molecule has 5 nitrogen and oxygen atoms in total. The minimum atomic E-state index is -0.447. The molecular weight excluding hydrogens is 306 g/mol. The third-order valence-corrected chi connectivity index (χ3v) is 4.69. The Morgan fingerprint density at radius 2 is 2.00 bits per heavy atom. The summed E-state index contributed by atoms with van der Waals surface area (Å²) in [5, 5.41) is 10.3. The van der Waals surface area contributed by atoms with Crippen LogP contribution < -0.4 is 9.47 Å². The van der Waals surface area contributed by atoms with Crippen molar-refractivity contribution in [3.05, 3.63) is 23.8 Å². The van der Waals surface area contributed by atoms with Crippen molar-refractivity contribution in [2.24, 2.45) is 0 Å². The first kappa shape index (κ1) is 19.0. The van der Waals surface area contributed by atoms with Crippen LogP contribution in [0.4, 0.5) is 0 Å². The molecule has 1 N–H and O–H groups in total. The summed E-state index contributed by atoms with van der Waals surface area (Å²) < 4.78 is 16.2. The van der Waals surface area contributed by atoms with E-state index in [-0.39, 0.29) is 0 Å². The summed E-state index contributed by atoms with van der Waals surface area (Å²) in [6, 6.07) is 6.33. The van der Waals surface area contributed by atoms with Crippen LogP contribution in [0.5, 0.6) is 11.5 Å². The van der Waals surface area contributed by atoms with Crippen molar-refractivity contribution in [1.82, 2.24) is 4.90 Å². The van der Waals surface area contributed by atoms with E-state index in [1.165, 1.54) is 19.3 Å². The highest BCUT2D eigenvalue weighted by Crippen LogP contribution is 2.27. The zero-order valence-electron chi connectivity index (χ0n) is 15.2. The van der Waals surface area contributed by atoms with Crippen LogP contribution in [0.2, 0.25) is 0 Å². The maximum absolute atomic E-state index is 10.3. The number of hydrogen-bond donors (Lipinski definition) is 1. The van der Waals surface area contributed by atoms with Gasteiger partial charge in [0.2, 0.25) is 0 Å². The molecule has 1 fully saturated rings. The molecule has 2 rings (SSSR count). The van der Waals surface area contributed by atoms with E-state index in [4.69, 9.17) is 14.2 Å². The van der Waals surface area contributed by atoms with Crippen molar-refractivity contribution in [3.63, 3.8) is 0 Å².